The number of nitrogens with zero attached hydrogens (tertiary/aromatic N) is 2. The van der Waals surface area contributed by atoms with Gasteiger partial charge in [0.2, 0.25) is 10.0 Å². The van der Waals surface area contributed by atoms with Gasteiger partial charge in [-0.1, -0.05) is 12.1 Å². The molecule has 0 aromatic heterocycles. The lowest BCUT2D eigenvalue weighted by atomic mass is 10.2. The molecule has 1 aromatic rings. The zero-order valence-electron chi connectivity index (χ0n) is 9.51. The minimum absolute atomic E-state index is 0.0114. The standard InChI is InChI=1S/C11H12Cl2N2O2S/c12-5-7-15(8-6-13)18(16,17)11-4-2-1-3-10(11)9-14/h1-4H,5-8H2. The molecular formula is C11H12Cl2N2O2S. The summed E-state index contributed by atoms with van der Waals surface area (Å²) in [4.78, 5) is -0.0114. The highest BCUT2D eigenvalue weighted by molar-refractivity contribution is 7.89. The maximum absolute atomic E-state index is 12.3. The van der Waals surface area contributed by atoms with Gasteiger partial charge in [-0.15, -0.1) is 23.2 Å². The van der Waals surface area contributed by atoms with Crippen LogP contribution in [0.5, 0.6) is 0 Å². The average molecular weight is 307 g/mol. The summed E-state index contributed by atoms with van der Waals surface area (Å²) in [7, 11) is -3.73. The summed E-state index contributed by atoms with van der Waals surface area (Å²) in [5, 5.41) is 8.94. The molecular weight excluding hydrogens is 295 g/mol. The summed E-state index contributed by atoms with van der Waals surface area (Å²) in [6, 6.07) is 7.93. The fourth-order valence-electron chi connectivity index (χ4n) is 1.46. The second-order valence-corrected chi connectivity index (χ2v) is 6.05. The number of hydrogen-bond donors (Lipinski definition) is 0. The van der Waals surface area contributed by atoms with E-state index in [2.05, 4.69) is 0 Å². The quantitative estimate of drug-likeness (QED) is 0.756. The Hall–Kier alpha value is -0.800. The van der Waals surface area contributed by atoms with E-state index in [1.807, 2.05) is 6.07 Å². The molecule has 0 unspecified atom stereocenters. The number of alkyl halides is 2. The lowest BCUT2D eigenvalue weighted by Gasteiger charge is -2.20. The molecule has 18 heavy (non-hydrogen) atoms. The molecule has 4 nitrogen and oxygen atoms in total. The number of nitriles is 1. The summed E-state index contributed by atoms with van der Waals surface area (Å²) < 4.78 is 25.9. The predicted molar refractivity (Wildman–Crippen MR) is 71.4 cm³/mol. The first-order valence-electron chi connectivity index (χ1n) is 5.19. The molecule has 0 N–H and O–H groups in total. The normalized spacial score (nSPS) is 11.4. The van der Waals surface area contributed by atoms with Crippen molar-refractivity contribution in [2.24, 2.45) is 0 Å². The minimum Gasteiger partial charge on any atom is -0.207 e. The molecule has 0 aliphatic rings. The Morgan fingerprint density at radius 1 is 1.17 bits per heavy atom. The van der Waals surface area contributed by atoms with Crippen LogP contribution in [0.4, 0.5) is 0 Å². The molecule has 1 aromatic carbocycles. The summed E-state index contributed by atoms with van der Waals surface area (Å²) >= 11 is 11.2. The first-order chi connectivity index (χ1) is 8.57. The Bertz CT molecular complexity index is 534. The van der Waals surface area contributed by atoms with Crippen molar-refractivity contribution in [3.05, 3.63) is 29.8 Å². The van der Waals surface area contributed by atoms with E-state index in [9.17, 15) is 8.42 Å². The van der Waals surface area contributed by atoms with Gasteiger partial charge in [0.05, 0.1) is 10.5 Å². The third-order valence-electron chi connectivity index (χ3n) is 2.29. The first-order valence-corrected chi connectivity index (χ1v) is 7.70. The molecule has 0 aliphatic carbocycles. The van der Waals surface area contributed by atoms with Crippen molar-refractivity contribution in [2.75, 3.05) is 24.8 Å². The van der Waals surface area contributed by atoms with E-state index in [1.54, 1.807) is 12.1 Å². The zero-order chi connectivity index (χ0) is 13.6. The highest BCUT2D eigenvalue weighted by Crippen LogP contribution is 2.19. The van der Waals surface area contributed by atoms with Crippen molar-refractivity contribution in [1.29, 1.82) is 5.26 Å². The molecule has 0 spiro atoms. The minimum atomic E-state index is -3.73. The van der Waals surface area contributed by atoms with Gasteiger partial charge in [-0.25, -0.2) is 8.42 Å². The maximum Gasteiger partial charge on any atom is 0.244 e. The molecule has 0 fully saturated rings. The largest absolute Gasteiger partial charge is 0.244 e. The van der Waals surface area contributed by atoms with Crippen LogP contribution in [0.25, 0.3) is 0 Å². The SMILES string of the molecule is N#Cc1ccccc1S(=O)(=O)N(CCCl)CCCl. The lowest BCUT2D eigenvalue weighted by Crippen LogP contribution is -2.34. The van der Waals surface area contributed by atoms with Crippen molar-refractivity contribution in [2.45, 2.75) is 4.90 Å². The Balaban J connectivity index is 3.23. The molecule has 0 bridgehead atoms. The number of hydrogen-bond acceptors (Lipinski definition) is 3. The van der Waals surface area contributed by atoms with Crippen molar-refractivity contribution >= 4 is 33.2 Å². The van der Waals surface area contributed by atoms with Gasteiger partial charge in [0, 0.05) is 24.8 Å². The van der Waals surface area contributed by atoms with Crippen LogP contribution in [0.2, 0.25) is 0 Å². The third-order valence-corrected chi connectivity index (χ3v) is 4.59. The topological polar surface area (TPSA) is 61.2 Å². The van der Waals surface area contributed by atoms with E-state index in [0.29, 0.717) is 0 Å². The van der Waals surface area contributed by atoms with Crippen molar-refractivity contribution in [1.82, 2.24) is 4.31 Å². The van der Waals surface area contributed by atoms with Crippen LogP contribution in [0.1, 0.15) is 5.56 Å². The van der Waals surface area contributed by atoms with E-state index < -0.39 is 10.0 Å². The molecule has 0 atom stereocenters. The Morgan fingerprint density at radius 2 is 1.72 bits per heavy atom. The smallest absolute Gasteiger partial charge is 0.207 e. The third kappa shape index (κ3) is 3.36. The molecule has 0 amide bonds. The molecule has 98 valence electrons. The molecule has 0 saturated heterocycles. The second kappa shape index (κ2) is 6.95. The highest BCUT2D eigenvalue weighted by atomic mass is 35.5. The van der Waals surface area contributed by atoms with Crippen molar-refractivity contribution < 1.29 is 8.42 Å². The zero-order valence-corrected chi connectivity index (χ0v) is 11.8. The van der Waals surface area contributed by atoms with Gasteiger partial charge in [-0.2, -0.15) is 9.57 Å². The average Bonchev–Trinajstić information content (AvgIpc) is 2.38. The number of halogens is 2. The van der Waals surface area contributed by atoms with E-state index in [4.69, 9.17) is 28.5 Å². The van der Waals surface area contributed by atoms with Crippen LogP contribution in [0.3, 0.4) is 0 Å². The highest BCUT2D eigenvalue weighted by Gasteiger charge is 2.25. The number of benzene rings is 1. The molecule has 0 radical (unpaired) electrons. The Labute approximate surface area is 117 Å². The summed E-state index contributed by atoms with van der Waals surface area (Å²) in [5.41, 5.74) is 0.117. The van der Waals surface area contributed by atoms with Crippen LogP contribution >= 0.6 is 23.2 Å². The van der Waals surface area contributed by atoms with E-state index in [0.717, 1.165) is 0 Å². The van der Waals surface area contributed by atoms with Crippen LogP contribution < -0.4 is 0 Å². The van der Waals surface area contributed by atoms with Crippen LogP contribution in [-0.4, -0.2) is 37.6 Å². The van der Waals surface area contributed by atoms with Crippen molar-refractivity contribution in [3.8, 4) is 6.07 Å². The van der Waals surface area contributed by atoms with Crippen molar-refractivity contribution in [3.63, 3.8) is 0 Å². The fourth-order valence-corrected chi connectivity index (χ4v) is 3.66. The first kappa shape index (κ1) is 15.3. The van der Waals surface area contributed by atoms with Gasteiger partial charge in [0.15, 0.2) is 0 Å². The Kier molecular flexibility index (Phi) is 5.89. The van der Waals surface area contributed by atoms with E-state index >= 15 is 0 Å². The van der Waals surface area contributed by atoms with Crippen LogP contribution in [0.15, 0.2) is 29.2 Å². The predicted octanol–water partition coefficient (Wildman–Crippen LogP) is 2.03. The monoisotopic (exact) mass is 306 g/mol. The lowest BCUT2D eigenvalue weighted by molar-refractivity contribution is 0.448. The van der Waals surface area contributed by atoms with E-state index in [-0.39, 0.29) is 35.3 Å². The van der Waals surface area contributed by atoms with Gasteiger partial charge in [-0.05, 0) is 12.1 Å². The second-order valence-electron chi connectivity index (χ2n) is 3.39. The molecule has 0 saturated carbocycles. The molecule has 0 aliphatic heterocycles. The number of sulfonamides is 1. The van der Waals surface area contributed by atoms with Gasteiger partial charge in [0.25, 0.3) is 0 Å². The van der Waals surface area contributed by atoms with Crippen LogP contribution in [0, 0.1) is 11.3 Å². The number of rotatable bonds is 6. The van der Waals surface area contributed by atoms with Gasteiger partial charge in [0.1, 0.15) is 6.07 Å². The molecule has 0 heterocycles. The van der Waals surface area contributed by atoms with E-state index in [1.165, 1.54) is 16.4 Å². The van der Waals surface area contributed by atoms with Gasteiger partial charge >= 0.3 is 0 Å². The fraction of sp³-hybridized carbons (Fsp3) is 0.364. The molecule has 1 rings (SSSR count). The molecule has 7 heteroatoms. The van der Waals surface area contributed by atoms with Gasteiger partial charge in [-0.3, -0.25) is 0 Å². The summed E-state index contributed by atoms with van der Waals surface area (Å²) in [5.74, 6) is 0.343. The van der Waals surface area contributed by atoms with Crippen LogP contribution in [-0.2, 0) is 10.0 Å². The van der Waals surface area contributed by atoms with Gasteiger partial charge < -0.3 is 0 Å². The Morgan fingerprint density at radius 3 is 2.22 bits per heavy atom. The summed E-state index contributed by atoms with van der Waals surface area (Å²) in [6.45, 7) is 0.326. The summed E-state index contributed by atoms with van der Waals surface area (Å²) in [6.07, 6.45) is 0. The maximum atomic E-state index is 12.3.